The highest BCUT2D eigenvalue weighted by Gasteiger charge is 2.11. The smallest absolute Gasteiger partial charge is 0.319 e. The van der Waals surface area contributed by atoms with Crippen LogP contribution in [0.4, 0.5) is 10.5 Å². The van der Waals surface area contributed by atoms with Gasteiger partial charge in [-0.05, 0) is 30.7 Å². The van der Waals surface area contributed by atoms with Gasteiger partial charge in [-0.3, -0.25) is 0 Å². The van der Waals surface area contributed by atoms with E-state index in [2.05, 4.69) is 20.8 Å². The SMILES string of the molecule is CCCNC(=O)Nc1cccc(OCc2nnc(-c3ccco3)o2)c1. The number of hydrogen-bond acceptors (Lipinski definition) is 6. The van der Waals surface area contributed by atoms with E-state index in [0.717, 1.165) is 6.42 Å². The predicted molar refractivity (Wildman–Crippen MR) is 90.1 cm³/mol. The van der Waals surface area contributed by atoms with Crippen LogP contribution in [0.25, 0.3) is 11.7 Å². The van der Waals surface area contributed by atoms with Crippen molar-refractivity contribution in [2.75, 3.05) is 11.9 Å². The monoisotopic (exact) mass is 342 g/mol. The van der Waals surface area contributed by atoms with Crippen molar-refractivity contribution in [3.8, 4) is 17.4 Å². The van der Waals surface area contributed by atoms with Crippen molar-refractivity contribution in [3.05, 3.63) is 48.6 Å². The Morgan fingerprint density at radius 1 is 1.24 bits per heavy atom. The summed E-state index contributed by atoms with van der Waals surface area (Å²) in [7, 11) is 0. The lowest BCUT2D eigenvalue weighted by molar-refractivity contribution is 0.252. The number of nitrogens with zero attached hydrogens (tertiary/aromatic N) is 2. The van der Waals surface area contributed by atoms with Crippen LogP contribution in [0.3, 0.4) is 0 Å². The number of carbonyl (C=O) groups is 1. The number of urea groups is 1. The Bertz CT molecular complexity index is 814. The van der Waals surface area contributed by atoms with E-state index in [1.54, 1.807) is 36.4 Å². The molecule has 2 heterocycles. The lowest BCUT2D eigenvalue weighted by Crippen LogP contribution is -2.29. The largest absolute Gasteiger partial charge is 0.484 e. The number of rotatable bonds is 7. The van der Waals surface area contributed by atoms with Crippen molar-refractivity contribution in [2.24, 2.45) is 0 Å². The van der Waals surface area contributed by atoms with Crippen LogP contribution in [0.15, 0.2) is 51.5 Å². The van der Waals surface area contributed by atoms with Gasteiger partial charge in [0.2, 0.25) is 0 Å². The molecule has 130 valence electrons. The van der Waals surface area contributed by atoms with Gasteiger partial charge in [0.1, 0.15) is 5.75 Å². The Kier molecular flexibility index (Phi) is 5.30. The lowest BCUT2D eigenvalue weighted by Gasteiger charge is -2.08. The molecule has 2 N–H and O–H groups in total. The maximum absolute atomic E-state index is 11.7. The van der Waals surface area contributed by atoms with Crippen molar-refractivity contribution in [1.82, 2.24) is 15.5 Å². The number of anilines is 1. The van der Waals surface area contributed by atoms with Crippen molar-refractivity contribution >= 4 is 11.7 Å². The quantitative estimate of drug-likeness (QED) is 0.682. The first-order chi connectivity index (χ1) is 12.2. The molecule has 1 aromatic carbocycles. The molecule has 2 aromatic heterocycles. The van der Waals surface area contributed by atoms with Gasteiger partial charge in [-0.1, -0.05) is 13.0 Å². The highest BCUT2D eigenvalue weighted by Crippen LogP contribution is 2.20. The van der Waals surface area contributed by atoms with Crippen LogP contribution in [-0.4, -0.2) is 22.8 Å². The summed E-state index contributed by atoms with van der Waals surface area (Å²) in [6, 6.07) is 10.3. The second-order valence-corrected chi connectivity index (χ2v) is 5.18. The van der Waals surface area contributed by atoms with Crippen LogP contribution < -0.4 is 15.4 Å². The molecule has 0 fully saturated rings. The van der Waals surface area contributed by atoms with Gasteiger partial charge in [-0.25, -0.2) is 4.79 Å². The molecular weight excluding hydrogens is 324 g/mol. The van der Waals surface area contributed by atoms with Crippen LogP contribution in [0.5, 0.6) is 5.75 Å². The number of ether oxygens (including phenoxy) is 1. The van der Waals surface area contributed by atoms with E-state index in [4.69, 9.17) is 13.6 Å². The summed E-state index contributed by atoms with van der Waals surface area (Å²) in [6.07, 6.45) is 2.41. The van der Waals surface area contributed by atoms with Crippen LogP contribution in [0, 0.1) is 0 Å². The molecule has 0 bridgehead atoms. The average Bonchev–Trinajstić information content (AvgIpc) is 3.29. The van der Waals surface area contributed by atoms with Crippen LogP contribution in [0.1, 0.15) is 19.2 Å². The minimum absolute atomic E-state index is 0.110. The molecule has 0 spiro atoms. The maximum atomic E-state index is 11.7. The fourth-order valence-electron chi connectivity index (χ4n) is 2.03. The van der Waals surface area contributed by atoms with Gasteiger partial charge in [0.25, 0.3) is 11.8 Å². The predicted octanol–water partition coefficient (Wildman–Crippen LogP) is 3.44. The van der Waals surface area contributed by atoms with Gasteiger partial charge in [0, 0.05) is 18.3 Å². The van der Waals surface area contributed by atoms with E-state index < -0.39 is 0 Å². The van der Waals surface area contributed by atoms with Crippen LogP contribution >= 0.6 is 0 Å². The molecule has 3 aromatic rings. The Morgan fingerprint density at radius 3 is 2.96 bits per heavy atom. The van der Waals surface area contributed by atoms with Gasteiger partial charge in [-0.15, -0.1) is 10.2 Å². The molecule has 0 aliphatic heterocycles. The molecule has 8 nitrogen and oxygen atoms in total. The first kappa shape index (κ1) is 16.6. The first-order valence-corrected chi connectivity index (χ1v) is 7.88. The number of amides is 2. The third-order valence-electron chi connectivity index (χ3n) is 3.19. The molecule has 25 heavy (non-hydrogen) atoms. The van der Waals surface area contributed by atoms with Crippen molar-refractivity contribution in [2.45, 2.75) is 20.0 Å². The normalized spacial score (nSPS) is 10.4. The molecule has 0 saturated heterocycles. The molecule has 0 saturated carbocycles. The number of benzene rings is 1. The molecule has 0 aliphatic rings. The summed E-state index contributed by atoms with van der Waals surface area (Å²) in [6.45, 7) is 2.72. The zero-order valence-electron chi connectivity index (χ0n) is 13.7. The minimum Gasteiger partial charge on any atom is -0.484 e. The molecule has 0 radical (unpaired) electrons. The molecule has 0 unspecified atom stereocenters. The van der Waals surface area contributed by atoms with E-state index in [1.165, 1.54) is 6.26 Å². The average molecular weight is 342 g/mol. The summed E-state index contributed by atoms with van der Waals surface area (Å²) < 4.78 is 16.3. The topological polar surface area (TPSA) is 102 Å². The van der Waals surface area contributed by atoms with Crippen molar-refractivity contribution in [3.63, 3.8) is 0 Å². The first-order valence-electron chi connectivity index (χ1n) is 7.88. The standard InChI is InChI=1S/C17H18N4O4/c1-2-8-18-17(22)19-12-5-3-6-13(10-12)24-11-15-20-21-16(25-15)14-7-4-9-23-14/h3-7,9-10H,2,8,11H2,1H3,(H2,18,19,22). The molecule has 0 atom stereocenters. The number of furan rings is 1. The van der Waals surface area contributed by atoms with Gasteiger partial charge >= 0.3 is 6.03 Å². The number of aromatic nitrogens is 2. The number of carbonyl (C=O) groups excluding carboxylic acids is 1. The summed E-state index contributed by atoms with van der Waals surface area (Å²) >= 11 is 0. The summed E-state index contributed by atoms with van der Waals surface area (Å²) in [5.41, 5.74) is 0.632. The highest BCUT2D eigenvalue weighted by molar-refractivity contribution is 5.89. The van der Waals surface area contributed by atoms with Gasteiger partial charge < -0.3 is 24.2 Å². The number of nitrogens with one attached hydrogen (secondary N) is 2. The molecule has 3 rings (SSSR count). The third-order valence-corrected chi connectivity index (χ3v) is 3.19. The lowest BCUT2D eigenvalue weighted by atomic mass is 10.3. The molecule has 0 aliphatic carbocycles. The Hall–Kier alpha value is -3.29. The van der Waals surface area contributed by atoms with E-state index in [-0.39, 0.29) is 12.6 Å². The van der Waals surface area contributed by atoms with Crippen LogP contribution in [-0.2, 0) is 6.61 Å². The van der Waals surface area contributed by atoms with Gasteiger partial charge in [0.05, 0.1) is 6.26 Å². The van der Waals surface area contributed by atoms with Gasteiger partial charge in [0.15, 0.2) is 12.4 Å². The van der Waals surface area contributed by atoms with Crippen molar-refractivity contribution in [1.29, 1.82) is 0 Å². The second kappa shape index (κ2) is 8.00. The van der Waals surface area contributed by atoms with Crippen LogP contribution in [0.2, 0.25) is 0 Å². The van der Waals surface area contributed by atoms with E-state index >= 15 is 0 Å². The molecular formula is C17H18N4O4. The summed E-state index contributed by atoms with van der Waals surface area (Å²) in [5.74, 6) is 1.70. The maximum Gasteiger partial charge on any atom is 0.319 e. The third kappa shape index (κ3) is 4.60. The van der Waals surface area contributed by atoms with E-state index in [1.807, 2.05) is 6.92 Å². The van der Waals surface area contributed by atoms with Gasteiger partial charge in [-0.2, -0.15) is 0 Å². The number of hydrogen-bond donors (Lipinski definition) is 2. The molecule has 2 amide bonds. The van der Waals surface area contributed by atoms with E-state index in [0.29, 0.717) is 35.5 Å². The Morgan fingerprint density at radius 2 is 2.16 bits per heavy atom. The summed E-state index contributed by atoms with van der Waals surface area (Å²) in [5, 5.41) is 13.3. The zero-order valence-corrected chi connectivity index (χ0v) is 13.7. The molecule has 8 heteroatoms. The summed E-state index contributed by atoms with van der Waals surface area (Å²) in [4.78, 5) is 11.7. The van der Waals surface area contributed by atoms with E-state index in [9.17, 15) is 4.79 Å². The Labute approximate surface area is 144 Å². The fourth-order valence-corrected chi connectivity index (χ4v) is 2.03. The highest BCUT2D eigenvalue weighted by atomic mass is 16.5. The van der Waals surface area contributed by atoms with Crippen molar-refractivity contribution < 1.29 is 18.4 Å². The minimum atomic E-state index is -0.251. The fraction of sp³-hybridized carbons (Fsp3) is 0.235. The zero-order chi connectivity index (χ0) is 17.5. The second-order valence-electron chi connectivity index (χ2n) is 5.18. The Balaban J connectivity index is 1.56.